The smallest absolute Gasteiger partial charge is 0.243 e. The molecule has 7 heteroatoms. The third kappa shape index (κ3) is 6.87. The monoisotopic (exact) mass is 472 g/mol. The van der Waals surface area contributed by atoms with Crippen LogP contribution in [-0.2, 0) is 22.6 Å². The van der Waals surface area contributed by atoms with Gasteiger partial charge in [-0.25, -0.2) is 0 Å². The molecule has 0 bridgehead atoms. The topological polar surface area (TPSA) is 67.9 Å². The minimum atomic E-state index is -0.539. The first kappa shape index (κ1) is 24.9. The van der Waals surface area contributed by atoms with Crippen LogP contribution >= 0.6 is 11.6 Å². The summed E-state index contributed by atoms with van der Waals surface area (Å²) < 4.78 is 11.2. The number of halogens is 1. The van der Waals surface area contributed by atoms with E-state index in [1.165, 1.54) is 0 Å². The average Bonchev–Trinajstić information content (AvgIpc) is 2.83. The number of nitrogens with zero attached hydrogens (tertiary/aromatic N) is 1. The molecule has 2 aromatic carbocycles. The van der Waals surface area contributed by atoms with Crippen LogP contribution < -0.4 is 14.8 Å². The fourth-order valence-corrected chi connectivity index (χ4v) is 3.91. The van der Waals surface area contributed by atoms with Gasteiger partial charge in [0.25, 0.3) is 0 Å². The molecule has 2 amide bonds. The zero-order valence-corrected chi connectivity index (χ0v) is 20.4. The van der Waals surface area contributed by atoms with E-state index >= 15 is 0 Å². The molecule has 0 saturated carbocycles. The molecule has 0 radical (unpaired) electrons. The van der Waals surface area contributed by atoms with Crippen molar-refractivity contribution in [2.75, 3.05) is 13.2 Å². The van der Waals surface area contributed by atoms with Gasteiger partial charge in [-0.3, -0.25) is 9.59 Å². The van der Waals surface area contributed by atoms with E-state index in [-0.39, 0.29) is 17.9 Å². The fourth-order valence-electron chi connectivity index (χ4n) is 3.79. The predicted octanol–water partition coefficient (Wildman–Crippen LogP) is 4.77. The van der Waals surface area contributed by atoms with Gasteiger partial charge in [-0.15, -0.1) is 0 Å². The second-order valence-corrected chi connectivity index (χ2v) is 8.80. The Morgan fingerprint density at radius 3 is 2.33 bits per heavy atom. The molecular weight excluding hydrogens is 440 g/mol. The molecule has 0 unspecified atom stereocenters. The minimum Gasteiger partial charge on any atom is -0.486 e. The molecule has 6 nitrogen and oxygen atoms in total. The Bertz CT molecular complexity index is 948. The molecule has 3 rings (SSSR count). The van der Waals surface area contributed by atoms with Gasteiger partial charge in [-0.05, 0) is 61.6 Å². The molecule has 0 saturated heterocycles. The molecule has 0 aromatic heterocycles. The summed E-state index contributed by atoms with van der Waals surface area (Å²) in [6, 6.07) is 12.7. The lowest BCUT2D eigenvalue weighted by Crippen LogP contribution is -2.50. The van der Waals surface area contributed by atoms with Gasteiger partial charge in [0.1, 0.15) is 19.3 Å². The summed E-state index contributed by atoms with van der Waals surface area (Å²) in [5.41, 5.74) is 1.93. The normalized spacial score (nSPS) is 14.3. The molecule has 0 fully saturated rings. The quantitative estimate of drug-likeness (QED) is 0.541. The second kappa shape index (κ2) is 11.9. The van der Waals surface area contributed by atoms with Gasteiger partial charge in [0.05, 0.1) is 0 Å². The summed E-state index contributed by atoms with van der Waals surface area (Å²) in [6.45, 7) is 7.34. The highest BCUT2D eigenvalue weighted by Gasteiger charge is 2.29. The number of fused-ring (bicyclic) bond motifs is 1. The average molecular weight is 473 g/mol. The van der Waals surface area contributed by atoms with E-state index in [0.717, 1.165) is 23.3 Å². The SMILES string of the molecule is CC[C@H](C(=O)N[C@@H](C)CC)N(Cc1ccc(Cl)cc1)C(=O)CCc1ccc2c(c1)OCCO2. The number of nitrogens with one attached hydrogen (secondary N) is 1. The number of hydrogen-bond donors (Lipinski definition) is 1. The van der Waals surface area contributed by atoms with Crippen LogP contribution in [0.5, 0.6) is 11.5 Å². The van der Waals surface area contributed by atoms with E-state index in [0.29, 0.717) is 49.8 Å². The van der Waals surface area contributed by atoms with Gasteiger partial charge in [-0.2, -0.15) is 0 Å². The summed E-state index contributed by atoms with van der Waals surface area (Å²) in [5, 5.41) is 3.67. The first-order chi connectivity index (χ1) is 15.9. The first-order valence-electron chi connectivity index (χ1n) is 11.6. The van der Waals surface area contributed by atoms with Crippen LogP contribution in [0.1, 0.15) is 51.2 Å². The summed E-state index contributed by atoms with van der Waals surface area (Å²) in [4.78, 5) is 28.1. The summed E-state index contributed by atoms with van der Waals surface area (Å²) in [5.74, 6) is 1.26. The molecule has 33 heavy (non-hydrogen) atoms. The lowest BCUT2D eigenvalue weighted by atomic mass is 10.0. The van der Waals surface area contributed by atoms with Crippen molar-refractivity contribution in [2.24, 2.45) is 0 Å². The third-order valence-electron chi connectivity index (χ3n) is 5.89. The molecule has 0 spiro atoms. The van der Waals surface area contributed by atoms with Crippen molar-refractivity contribution in [3.63, 3.8) is 0 Å². The van der Waals surface area contributed by atoms with Crippen molar-refractivity contribution in [1.29, 1.82) is 0 Å². The lowest BCUT2D eigenvalue weighted by molar-refractivity contribution is -0.141. The maximum absolute atomic E-state index is 13.4. The Morgan fingerprint density at radius 1 is 1.00 bits per heavy atom. The Balaban J connectivity index is 1.75. The Labute approximate surface area is 201 Å². The van der Waals surface area contributed by atoms with Crippen molar-refractivity contribution in [2.45, 2.75) is 65.1 Å². The molecule has 1 aliphatic heterocycles. The van der Waals surface area contributed by atoms with E-state index in [1.54, 1.807) is 17.0 Å². The zero-order valence-electron chi connectivity index (χ0n) is 19.6. The molecule has 2 aromatic rings. The van der Waals surface area contributed by atoms with Crippen LogP contribution in [-0.4, -0.2) is 42.0 Å². The van der Waals surface area contributed by atoms with Crippen LogP contribution in [0, 0.1) is 0 Å². The maximum Gasteiger partial charge on any atom is 0.243 e. The predicted molar refractivity (Wildman–Crippen MR) is 130 cm³/mol. The van der Waals surface area contributed by atoms with Gasteiger partial charge < -0.3 is 19.7 Å². The number of rotatable bonds is 10. The van der Waals surface area contributed by atoms with E-state index in [9.17, 15) is 9.59 Å². The third-order valence-corrected chi connectivity index (χ3v) is 6.14. The molecular formula is C26H33ClN2O4. The van der Waals surface area contributed by atoms with E-state index in [1.807, 2.05) is 51.1 Å². The summed E-state index contributed by atoms with van der Waals surface area (Å²) in [6.07, 6.45) is 2.21. The van der Waals surface area contributed by atoms with Crippen LogP contribution in [0.25, 0.3) is 0 Å². The molecule has 178 valence electrons. The number of benzene rings is 2. The molecule has 1 heterocycles. The lowest BCUT2D eigenvalue weighted by Gasteiger charge is -2.31. The van der Waals surface area contributed by atoms with Gasteiger partial charge in [-0.1, -0.05) is 43.6 Å². The van der Waals surface area contributed by atoms with Crippen molar-refractivity contribution in [3.8, 4) is 11.5 Å². The van der Waals surface area contributed by atoms with Gasteiger partial charge in [0.2, 0.25) is 11.8 Å². The fraction of sp³-hybridized carbons (Fsp3) is 0.462. The minimum absolute atomic E-state index is 0.0525. The van der Waals surface area contributed by atoms with E-state index < -0.39 is 6.04 Å². The van der Waals surface area contributed by atoms with Gasteiger partial charge in [0.15, 0.2) is 11.5 Å². The van der Waals surface area contributed by atoms with Crippen molar-refractivity contribution in [1.82, 2.24) is 10.2 Å². The molecule has 1 aliphatic rings. The van der Waals surface area contributed by atoms with Crippen LogP contribution in [0.15, 0.2) is 42.5 Å². The molecule has 1 N–H and O–H groups in total. The number of hydrogen-bond acceptors (Lipinski definition) is 4. The van der Waals surface area contributed by atoms with Crippen molar-refractivity contribution < 1.29 is 19.1 Å². The largest absolute Gasteiger partial charge is 0.486 e. The van der Waals surface area contributed by atoms with Crippen LogP contribution in [0.3, 0.4) is 0 Å². The Hall–Kier alpha value is -2.73. The molecule has 0 aliphatic carbocycles. The number of amides is 2. The van der Waals surface area contributed by atoms with Crippen molar-refractivity contribution >= 4 is 23.4 Å². The standard InChI is InChI=1S/C26H33ClN2O4/c1-4-18(3)28-26(31)22(5-2)29(17-20-6-10-21(27)11-7-20)25(30)13-9-19-8-12-23-24(16-19)33-15-14-32-23/h6-8,10-12,16,18,22H,4-5,9,13-15,17H2,1-3H3,(H,28,31)/t18-,22+/m0/s1. The Kier molecular flexibility index (Phi) is 9.01. The van der Waals surface area contributed by atoms with E-state index in [4.69, 9.17) is 21.1 Å². The van der Waals surface area contributed by atoms with Crippen molar-refractivity contribution in [3.05, 3.63) is 58.6 Å². The number of ether oxygens (including phenoxy) is 2. The second-order valence-electron chi connectivity index (χ2n) is 8.37. The highest BCUT2D eigenvalue weighted by atomic mass is 35.5. The number of carbonyl (C=O) groups excluding carboxylic acids is 2. The first-order valence-corrected chi connectivity index (χ1v) is 12.0. The van der Waals surface area contributed by atoms with Crippen LogP contribution in [0.2, 0.25) is 5.02 Å². The zero-order chi connectivity index (χ0) is 23.8. The summed E-state index contributed by atoms with van der Waals surface area (Å²) >= 11 is 6.03. The van der Waals surface area contributed by atoms with E-state index in [2.05, 4.69) is 5.32 Å². The van der Waals surface area contributed by atoms with Gasteiger partial charge >= 0.3 is 0 Å². The summed E-state index contributed by atoms with van der Waals surface area (Å²) in [7, 11) is 0. The van der Waals surface area contributed by atoms with Gasteiger partial charge in [0, 0.05) is 24.0 Å². The highest BCUT2D eigenvalue weighted by Crippen LogP contribution is 2.31. The highest BCUT2D eigenvalue weighted by molar-refractivity contribution is 6.30. The number of carbonyl (C=O) groups is 2. The molecule has 2 atom stereocenters. The van der Waals surface area contributed by atoms with Crippen LogP contribution in [0.4, 0.5) is 0 Å². The Morgan fingerprint density at radius 2 is 1.67 bits per heavy atom. The maximum atomic E-state index is 13.4. The number of aryl methyl sites for hydroxylation is 1.